The van der Waals surface area contributed by atoms with E-state index in [1.165, 1.54) is 18.4 Å². The highest BCUT2D eigenvalue weighted by Crippen LogP contribution is 2.29. The lowest BCUT2D eigenvalue weighted by Crippen LogP contribution is -2.49. The third-order valence-corrected chi connectivity index (χ3v) is 5.77. The molecule has 0 bridgehead atoms. The molecule has 0 N–H and O–H groups in total. The maximum atomic E-state index is 12.6. The minimum atomic E-state index is 0.261. The molecule has 1 amide bonds. The third kappa shape index (κ3) is 5.18. The number of methoxy groups -OCH3 is 1. The normalized spacial score (nSPS) is 14.7. The van der Waals surface area contributed by atoms with Crippen LogP contribution in [-0.2, 0) is 4.79 Å². The summed E-state index contributed by atoms with van der Waals surface area (Å²) in [6.45, 7) is 9.33. The topological polar surface area (TPSA) is 48.9 Å². The predicted molar refractivity (Wildman–Crippen MR) is 119 cm³/mol. The molecule has 1 aromatic carbocycles. The first-order valence-electron chi connectivity index (χ1n) is 10.7. The molecular weight excluding hydrogens is 364 g/mol. The molecule has 6 nitrogen and oxygen atoms in total. The number of hydrogen-bond acceptors (Lipinski definition) is 5. The zero-order valence-electron chi connectivity index (χ0n) is 18.3. The van der Waals surface area contributed by atoms with Crippen molar-refractivity contribution < 1.29 is 9.53 Å². The number of rotatable bonds is 8. The van der Waals surface area contributed by atoms with Crippen LogP contribution in [0.2, 0.25) is 0 Å². The van der Waals surface area contributed by atoms with E-state index in [0.29, 0.717) is 6.42 Å². The van der Waals surface area contributed by atoms with Gasteiger partial charge in [0.25, 0.3) is 0 Å². The smallest absolute Gasteiger partial charge is 0.223 e. The van der Waals surface area contributed by atoms with Gasteiger partial charge in [-0.1, -0.05) is 25.5 Å². The van der Waals surface area contributed by atoms with Gasteiger partial charge in [0.2, 0.25) is 5.91 Å². The van der Waals surface area contributed by atoms with Crippen molar-refractivity contribution in [2.75, 3.05) is 58.3 Å². The van der Waals surface area contributed by atoms with E-state index in [4.69, 9.17) is 9.72 Å². The predicted octanol–water partition coefficient (Wildman–Crippen LogP) is 3.32. The number of hydrogen-bond donors (Lipinski definition) is 0. The summed E-state index contributed by atoms with van der Waals surface area (Å²) in [6, 6.07) is 8.17. The first-order valence-corrected chi connectivity index (χ1v) is 10.7. The van der Waals surface area contributed by atoms with Crippen LogP contribution < -0.4 is 9.64 Å². The Kier molecular flexibility index (Phi) is 7.31. The van der Waals surface area contributed by atoms with Gasteiger partial charge < -0.3 is 19.4 Å². The SMILES string of the molecule is CCCCN(C)CCC(=O)N1CCN(c2cc(C)c3cccc(OC)c3n2)CC1. The number of fused-ring (bicyclic) bond motifs is 1. The summed E-state index contributed by atoms with van der Waals surface area (Å²) in [5.74, 6) is 2.02. The van der Waals surface area contributed by atoms with Crippen molar-refractivity contribution in [3.05, 3.63) is 29.8 Å². The lowest BCUT2D eigenvalue weighted by molar-refractivity contribution is -0.131. The molecule has 1 aliphatic heterocycles. The van der Waals surface area contributed by atoms with Gasteiger partial charge in [-0.2, -0.15) is 0 Å². The van der Waals surface area contributed by atoms with E-state index in [2.05, 4.69) is 42.8 Å². The Morgan fingerprint density at radius 1 is 1.21 bits per heavy atom. The van der Waals surface area contributed by atoms with Gasteiger partial charge in [0, 0.05) is 44.5 Å². The van der Waals surface area contributed by atoms with Gasteiger partial charge in [-0.15, -0.1) is 0 Å². The number of unbranched alkanes of at least 4 members (excludes halogenated alkanes) is 1. The largest absolute Gasteiger partial charge is 0.494 e. The van der Waals surface area contributed by atoms with Crippen molar-refractivity contribution in [1.29, 1.82) is 0 Å². The van der Waals surface area contributed by atoms with Crippen LogP contribution in [0.5, 0.6) is 5.75 Å². The van der Waals surface area contributed by atoms with Gasteiger partial charge in [0.15, 0.2) is 0 Å². The molecule has 1 fully saturated rings. The first kappa shape index (κ1) is 21.4. The van der Waals surface area contributed by atoms with E-state index in [9.17, 15) is 4.79 Å². The number of para-hydroxylation sites is 1. The zero-order chi connectivity index (χ0) is 20.8. The standard InChI is InChI=1S/C23H34N4O2/c1-5-6-11-25(3)12-10-22(28)27-15-13-26(14-16-27)21-17-18(2)19-8-7-9-20(29-4)23(19)24-21/h7-9,17H,5-6,10-16H2,1-4H3. The second-order valence-corrected chi connectivity index (χ2v) is 7.93. The summed E-state index contributed by atoms with van der Waals surface area (Å²) < 4.78 is 5.51. The number of pyridine rings is 1. The second kappa shape index (κ2) is 9.92. The number of amides is 1. The number of ether oxygens (including phenoxy) is 1. The Hall–Kier alpha value is -2.34. The minimum Gasteiger partial charge on any atom is -0.494 e. The number of carbonyl (C=O) groups excluding carboxylic acids is 1. The monoisotopic (exact) mass is 398 g/mol. The molecule has 2 aromatic rings. The van der Waals surface area contributed by atoms with Crippen molar-refractivity contribution >= 4 is 22.6 Å². The fraction of sp³-hybridized carbons (Fsp3) is 0.565. The molecule has 1 aromatic heterocycles. The van der Waals surface area contributed by atoms with E-state index in [-0.39, 0.29) is 5.91 Å². The van der Waals surface area contributed by atoms with E-state index in [0.717, 1.165) is 61.7 Å². The van der Waals surface area contributed by atoms with E-state index in [1.54, 1.807) is 7.11 Å². The molecule has 3 rings (SSSR count). The summed E-state index contributed by atoms with van der Waals surface area (Å²) in [5.41, 5.74) is 2.09. The van der Waals surface area contributed by atoms with E-state index in [1.807, 2.05) is 17.0 Å². The van der Waals surface area contributed by atoms with Crippen LogP contribution in [0.25, 0.3) is 10.9 Å². The minimum absolute atomic E-state index is 0.261. The van der Waals surface area contributed by atoms with Crippen molar-refractivity contribution in [3.63, 3.8) is 0 Å². The van der Waals surface area contributed by atoms with Crippen LogP contribution in [0.15, 0.2) is 24.3 Å². The second-order valence-electron chi connectivity index (χ2n) is 7.93. The zero-order valence-corrected chi connectivity index (χ0v) is 18.3. The number of benzene rings is 1. The molecule has 2 heterocycles. The number of piperazine rings is 1. The summed E-state index contributed by atoms with van der Waals surface area (Å²) in [7, 11) is 3.78. The van der Waals surface area contributed by atoms with Gasteiger partial charge in [-0.3, -0.25) is 4.79 Å². The average molecular weight is 399 g/mol. The lowest BCUT2D eigenvalue weighted by atomic mass is 10.1. The van der Waals surface area contributed by atoms with Crippen LogP contribution in [0, 0.1) is 6.92 Å². The molecule has 0 unspecified atom stereocenters. The van der Waals surface area contributed by atoms with Gasteiger partial charge >= 0.3 is 0 Å². The number of anilines is 1. The summed E-state index contributed by atoms with van der Waals surface area (Å²) >= 11 is 0. The molecule has 158 valence electrons. The molecule has 29 heavy (non-hydrogen) atoms. The summed E-state index contributed by atoms with van der Waals surface area (Å²) in [6.07, 6.45) is 2.98. The Morgan fingerprint density at radius 3 is 2.66 bits per heavy atom. The van der Waals surface area contributed by atoms with Crippen molar-refractivity contribution in [2.45, 2.75) is 33.1 Å². The summed E-state index contributed by atoms with van der Waals surface area (Å²) in [4.78, 5) is 24.0. The van der Waals surface area contributed by atoms with Crippen LogP contribution in [0.1, 0.15) is 31.7 Å². The van der Waals surface area contributed by atoms with Gasteiger partial charge in [-0.25, -0.2) is 4.98 Å². The lowest BCUT2D eigenvalue weighted by Gasteiger charge is -2.36. The first-order chi connectivity index (χ1) is 14.0. The fourth-order valence-corrected chi connectivity index (χ4v) is 3.87. The molecule has 0 aliphatic carbocycles. The van der Waals surface area contributed by atoms with Crippen LogP contribution in [0.4, 0.5) is 5.82 Å². The van der Waals surface area contributed by atoms with Crippen LogP contribution >= 0.6 is 0 Å². The fourth-order valence-electron chi connectivity index (χ4n) is 3.87. The number of nitrogens with zero attached hydrogens (tertiary/aromatic N) is 4. The molecule has 0 spiro atoms. The Morgan fingerprint density at radius 2 is 1.97 bits per heavy atom. The molecule has 0 radical (unpaired) electrons. The molecule has 1 aliphatic rings. The van der Waals surface area contributed by atoms with Gasteiger partial charge in [0.1, 0.15) is 17.1 Å². The van der Waals surface area contributed by atoms with E-state index < -0.39 is 0 Å². The third-order valence-electron chi connectivity index (χ3n) is 5.77. The van der Waals surface area contributed by atoms with Gasteiger partial charge in [-0.05, 0) is 44.6 Å². The van der Waals surface area contributed by atoms with E-state index >= 15 is 0 Å². The Bertz CT molecular complexity index is 831. The Balaban J connectivity index is 1.60. The van der Waals surface area contributed by atoms with Crippen LogP contribution in [0.3, 0.4) is 0 Å². The quantitative estimate of drug-likeness (QED) is 0.683. The maximum Gasteiger partial charge on any atom is 0.223 e. The highest BCUT2D eigenvalue weighted by atomic mass is 16.5. The maximum absolute atomic E-state index is 12.6. The van der Waals surface area contributed by atoms with Crippen molar-refractivity contribution in [2.24, 2.45) is 0 Å². The molecule has 1 saturated heterocycles. The van der Waals surface area contributed by atoms with Gasteiger partial charge in [0.05, 0.1) is 7.11 Å². The number of aryl methyl sites for hydroxylation is 1. The molecule has 6 heteroatoms. The summed E-state index contributed by atoms with van der Waals surface area (Å²) in [5, 5.41) is 1.12. The number of aromatic nitrogens is 1. The highest BCUT2D eigenvalue weighted by molar-refractivity contribution is 5.89. The average Bonchev–Trinajstić information content (AvgIpc) is 2.75. The van der Waals surface area contributed by atoms with Crippen LogP contribution in [-0.4, -0.2) is 74.1 Å². The highest BCUT2D eigenvalue weighted by Gasteiger charge is 2.22. The van der Waals surface area contributed by atoms with Crippen molar-refractivity contribution in [3.8, 4) is 5.75 Å². The number of carbonyl (C=O) groups is 1. The molecule has 0 saturated carbocycles. The van der Waals surface area contributed by atoms with Crippen molar-refractivity contribution in [1.82, 2.24) is 14.8 Å². The molecule has 0 atom stereocenters. The Labute approximate surface area is 174 Å². The molecular formula is C23H34N4O2.